The lowest BCUT2D eigenvalue weighted by atomic mass is 9.93. The zero-order valence-corrected chi connectivity index (χ0v) is 12.4. The molecule has 2 heteroatoms. The normalized spacial score (nSPS) is 30.9. The van der Waals surface area contributed by atoms with Gasteiger partial charge in [-0.2, -0.15) is 0 Å². The van der Waals surface area contributed by atoms with Crippen molar-refractivity contribution in [1.82, 2.24) is 5.32 Å². The van der Waals surface area contributed by atoms with Gasteiger partial charge < -0.3 is 5.32 Å². The van der Waals surface area contributed by atoms with Gasteiger partial charge in [0.2, 0.25) is 0 Å². The van der Waals surface area contributed by atoms with Crippen LogP contribution in [0.4, 0.5) is 0 Å². The Kier molecular flexibility index (Phi) is 3.58. The van der Waals surface area contributed by atoms with Crippen LogP contribution in [0.25, 0.3) is 0 Å². The molecule has 2 aliphatic rings. The average molecular weight is 306 g/mol. The fraction of sp³-hybridized carbons (Fsp3) is 0.500. The zero-order chi connectivity index (χ0) is 12.5. The molecule has 96 valence electrons. The van der Waals surface area contributed by atoms with E-state index in [1.54, 1.807) is 0 Å². The standard InChI is InChI=1S/C16H20BrN/c1-11(13-4-6-16(17)7-5-13)18-10-15-9-12-2-3-14(15)8-12/h2-7,11-12,14-15,18H,8-10H2,1H3/t11-,12?,14?,15?/m0/s1. The van der Waals surface area contributed by atoms with Crippen molar-refractivity contribution in [1.29, 1.82) is 0 Å². The molecule has 0 heterocycles. The van der Waals surface area contributed by atoms with Crippen molar-refractivity contribution in [2.24, 2.45) is 17.8 Å². The Morgan fingerprint density at radius 2 is 2.00 bits per heavy atom. The fourth-order valence-electron chi connectivity index (χ4n) is 3.33. The lowest BCUT2D eigenvalue weighted by Gasteiger charge is -2.22. The summed E-state index contributed by atoms with van der Waals surface area (Å²) in [6.07, 6.45) is 7.64. The molecule has 0 saturated heterocycles. The van der Waals surface area contributed by atoms with E-state index in [-0.39, 0.29) is 0 Å². The van der Waals surface area contributed by atoms with Crippen LogP contribution in [0.3, 0.4) is 0 Å². The highest BCUT2D eigenvalue weighted by molar-refractivity contribution is 9.10. The second kappa shape index (κ2) is 5.18. The van der Waals surface area contributed by atoms with Crippen molar-refractivity contribution in [2.75, 3.05) is 6.54 Å². The molecule has 0 spiro atoms. The Morgan fingerprint density at radius 1 is 1.22 bits per heavy atom. The second-order valence-corrected chi connectivity index (χ2v) is 6.64. The SMILES string of the molecule is C[C@H](NCC1CC2C=CC1C2)c1ccc(Br)cc1. The van der Waals surface area contributed by atoms with Crippen molar-refractivity contribution in [2.45, 2.75) is 25.8 Å². The Labute approximate surface area is 118 Å². The van der Waals surface area contributed by atoms with Gasteiger partial charge in [0.25, 0.3) is 0 Å². The summed E-state index contributed by atoms with van der Waals surface area (Å²) in [6.45, 7) is 3.41. The van der Waals surface area contributed by atoms with Gasteiger partial charge in [0, 0.05) is 10.5 Å². The van der Waals surface area contributed by atoms with Gasteiger partial charge in [-0.1, -0.05) is 40.2 Å². The molecule has 1 aromatic rings. The van der Waals surface area contributed by atoms with E-state index in [2.05, 4.69) is 64.6 Å². The van der Waals surface area contributed by atoms with Gasteiger partial charge in [0.1, 0.15) is 0 Å². The molecular weight excluding hydrogens is 286 g/mol. The summed E-state index contributed by atoms with van der Waals surface area (Å²) >= 11 is 3.48. The highest BCUT2D eigenvalue weighted by atomic mass is 79.9. The van der Waals surface area contributed by atoms with Gasteiger partial charge in [-0.05, 0) is 61.8 Å². The van der Waals surface area contributed by atoms with Crippen molar-refractivity contribution >= 4 is 15.9 Å². The van der Waals surface area contributed by atoms with Crippen LogP contribution in [-0.4, -0.2) is 6.54 Å². The minimum absolute atomic E-state index is 0.446. The fourth-order valence-corrected chi connectivity index (χ4v) is 3.59. The smallest absolute Gasteiger partial charge is 0.0291 e. The highest BCUT2D eigenvalue weighted by Gasteiger charge is 2.35. The maximum atomic E-state index is 3.70. The van der Waals surface area contributed by atoms with E-state index in [1.165, 1.54) is 18.4 Å². The van der Waals surface area contributed by atoms with Crippen LogP contribution >= 0.6 is 15.9 Å². The van der Waals surface area contributed by atoms with E-state index in [0.29, 0.717) is 6.04 Å². The Balaban J connectivity index is 1.54. The Bertz CT molecular complexity index is 437. The maximum absolute atomic E-state index is 3.70. The summed E-state index contributed by atoms with van der Waals surface area (Å²) in [4.78, 5) is 0. The predicted octanol–water partition coefficient (Wildman–Crippen LogP) is 4.31. The number of halogens is 1. The van der Waals surface area contributed by atoms with E-state index >= 15 is 0 Å². The molecule has 3 rings (SSSR count). The van der Waals surface area contributed by atoms with E-state index in [4.69, 9.17) is 0 Å². The number of rotatable bonds is 4. The van der Waals surface area contributed by atoms with Crippen LogP contribution in [0.2, 0.25) is 0 Å². The number of nitrogens with one attached hydrogen (secondary N) is 1. The number of hydrogen-bond acceptors (Lipinski definition) is 1. The summed E-state index contributed by atoms with van der Waals surface area (Å²) < 4.78 is 1.15. The lowest BCUT2D eigenvalue weighted by Crippen LogP contribution is -2.27. The first-order chi connectivity index (χ1) is 8.72. The molecule has 1 nitrogen and oxygen atoms in total. The van der Waals surface area contributed by atoms with Crippen molar-refractivity contribution < 1.29 is 0 Å². The van der Waals surface area contributed by atoms with Gasteiger partial charge in [-0.25, -0.2) is 0 Å². The van der Waals surface area contributed by atoms with Crippen LogP contribution in [0, 0.1) is 17.8 Å². The van der Waals surface area contributed by atoms with Gasteiger partial charge >= 0.3 is 0 Å². The quantitative estimate of drug-likeness (QED) is 0.817. The van der Waals surface area contributed by atoms with Crippen LogP contribution in [0.1, 0.15) is 31.4 Å². The van der Waals surface area contributed by atoms with Crippen LogP contribution in [-0.2, 0) is 0 Å². The van der Waals surface area contributed by atoms with Crippen molar-refractivity contribution in [3.8, 4) is 0 Å². The molecule has 1 N–H and O–H groups in total. The number of benzene rings is 1. The topological polar surface area (TPSA) is 12.0 Å². The maximum Gasteiger partial charge on any atom is 0.0291 e. The largest absolute Gasteiger partial charge is 0.310 e. The first-order valence-electron chi connectivity index (χ1n) is 6.89. The molecule has 4 atom stereocenters. The Hall–Kier alpha value is -0.600. The summed E-state index contributed by atoms with van der Waals surface area (Å²) in [5.41, 5.74) is 1.37. The molecule has 0 aliphatic heterocycles. The molecule has 2 bridgehead atoms. The van der Waals surface area contributed by atoms with Gasteiger partial charge in [-0.15, -0.1) is 0 Å². The van der Waals surface area contributed by atoms with E-state index < -0.39 is 0 Å². The second-order valence-electron chi connectivity index (χ2n) is 5.72. The summed E-state index contributed by atoms with van der Waals surface area (Å²) in [6, 6.07) is 9.08. The summed E-state index contributed by atoms with van der Waals surface area (Å²) in [7, 11) is 0. The Morgan fingerprint density at radius 3 is 2.61 bits per heavy atom. The molecule has 0 aromatic heterocycles. The molecule has 18 heavy (non-hydrogen) atoms. The molecule has 1 saturated carbocycles. The third-order valence-corrected chi connectivity index (χ3v) is 5.00. The molecule has 1 fully saturated rings. The minimum Gasteiger partial charge on any atom is -0.310 e. The lowest BCUT2D eigenvalue weighted by molar-refractivity contribution is 0.393. The molecular formula is C16H20BrN. The zero-order valence-electron chi connectivity index (χ0n) is 10.8. The predicted molar refractivity (Wildman–Crippen MR) is 79.4 cm³/mol. The van der Waals surface area contributed by atoms with Crippen LogP contribution in [0.5, 0.6) is 0 Å². The summed E-state index contributed by atoms with van der Waals surface area (Å²) in [5, 5.41) is 3.70. The third kappa shape index (κ3) is 2.55. The third-order valence-electron chi connectivity index (χ3n) is 4.47. The van der Waals surface area contributed by atoms with Crippen molar-refractivity contribution in [3.63, 3.8) is 0 Å². The van der Waals surface area contributed by atoms with Crippen molar-refractivity contribution in [3.05, 3.63) is 46.5 Å². The number of hydrogen-bond donors (Lipinski definition) is 1. The number of allylic oxidation sites excluding steroid dienone is 2. The first kappa shape index (κ1) is 12.4. The molecule has 0 amide bonds. The van der Waals surface area contributed by atoms with Gasteiger partial charge in [-0.3, -0.25) is 0 Å². The molecule has 3 unspecified atom stereocenters. The molecule has 1 aromatic carbocycles. The monoisotopic (exact) mass is 305 g/mol. The van der Waals surface area contributed by atoms with Crippen LogP contribution in [0.15, 0.2) is 40.9 Å². The van der Waals surface area contributed by atoms with Crippen LogP contribution < -0.4 is 5.32 Å². The summed E-state index contributed by atoms with van der Waals surface area (Å²) in [5.74, 6) is 2.59. The molecule has 0 radical (unpaired) electrons. The van der Waals surface area contributed by atoms with E-state index in [9.17, 15) is 0 Å². The average Bonchev–Trinajstić information content (AvgIpc) is 2.99. The minimum atomic E-state index is 0.446. The number of fused-ring (bicyclic) bond motifs is 2. The van der Waals surface area contributed by atoms with E-state index in [1.807, 2.05) is 0 Å². The highest BCUT2D eigenvalue weighted by Crippen LogP contribution is 2.43. The van der Waals surface area contributed by atoms with Gasteiger partial charge in [0.15, 0.2) is 0 Å². The first-order valence-corrected chi connectivity index (χ1v) is 7.69. The van der Waals surface area contributed by atoms with Gasteiger partial charge in [0.05, 0.1) is 0 Å². The molecule has 2 aliphatic carbocycles. The van der Waals surface area contributed by atoms with E-state index in [0.717, 1.165) is 28.8 Å².